The van der Waals surface area contributed by atoms with E-state index in [1.54, 1.807) is 7.11 Å². The predicted molar refractivity (Wildman–Crippen MR) is 74.9 cm³/mol. The zero-order valence-electron chi connectivity index (χ0n) is 12.3. The van der Waals surface area contributed by atoms with Crippen LogP contribution in [0.25, 0.3) is 0 Å². The molecular formula is C14H28N2O3. The monoisotopic (exact) mass is 272 g/mol. The fourth-order valence-electron chi connectivity index (χ4n) is 2.36. The zero-order valence-corrected chi connectivity index (χ0v) is 12.3. The molecule has 0 aliphatic carbocycles. The van der Waals surface area contributed by atoms with E-state index >= 15 is 0 Å². The van der Waals surface area contributed by atoms with Crippen molar-refractivity contribution < 1.29 is 14.3 Å². The number of carbonyl (C=O) groups is 1. The Morgan fingerprint density at radius 1 is 1.47 bits per heavy atom. The van der Waals surface area contributed by atoms with Gasteiger partial charge in [-0.25, -0.2) is 0 Å². The molecule has 0 radical (unpaired) electrons. The summed E-state index contributed by atoms with van der Waals surface area (Å²) < 4.78 is 10.7. The lowest BCUT2D eigenvalue weighted by atomic mass is 10.1. The Bertz CT molecular complexity index is 261. The smallest absolute Gasteiger partial charge is 0.239 e. The molecule has 2 atom stereocenters. The Morgan fingerprint density at radius 3 is 2.95 bits per heavy atom. The van der Waals surface area contributed by atoms with E-state index < -0.39 is 6.04 Å². The maximum absolute atomic E-state index is 12.2. The van der Waals surface area contributed by atoms with Crippen LogP contribution in [0.5, 0.6) is 0 Å². The van der Waals surface area contributed by atoms with Crippen molar-refractivity contribution in [1.82, 2.24) is 4.90 Å². The molecule has 1 amide bonds. The molecule has 1 aliphatic heterocycles. The van der Waals surface area contributed by atoms with Gasteiger partial charge in [-0.15, -0.1) is 0 Å². The van der Waals surface area contributed by atoms with E-state index in [4.69, 9.17) is 15.2 Å². The summed E-state index contributed by atoms with van der Waals surface area (Å²) >= 11 is 0. The molecule has 1 aliphatic rings. The van der Waals surface area contributed by atoms with Crippen LogP contribution < -0.4 is 5.73 Å². The molecule has 1 rings (SSSR count). The summed E-state index contributed by atoms with van der Waals surface area (Å²) in [6.45, 7) is 5.02. The van der Waals surface area contributed by atoms with E-state index in [0.717, 1.165) is 38.8 Å². The molecule has 0 aromatic heterocycles. The van der Waals surface area contributed by atoms with Crippen LogP contribution in [0.1, 0.15) is 39.0 Å². The van der Waals surface area contributed by atoms with E-state index in [1.807, 2.05) is 4.90 Å². The van der Waals surface area contributed by atoms with Gasteiger partial charge in [0.1, 0.15) is 0 Å². The molecule has 112 valence electrons. The number of methoxy groups -OCH3 is 1. The highest BCUT2D eigenvalue weighted by molar-refractivity contribution is 5.81. The first-order valence-corrected chi connectivity index (χ1v) is 7.34. The van der Waals surface area contributed by atoms with Gasteiger partial charge in [0.25, 0.3) is 0 Å². The SMILES string of the molecule is CCCOC1CCCN(C(=O)C(N)CCCOC)C1. The summed E-state index contributed by atoms with van der Waals surface area (Å²) in [5.74, 6) is 0.0564. The molecule has 19 heavy (non-hydrogen) atoms. The van der Waals surface area contributed by atoms with Crippen LogP contribution in [-0.4, -0.2) is 56.4 Å². The molecule has 2 unspecified atom stereocenters. The minimum Gasteiger partial charge on any atom is -0.385 e. The highest BCUT2D eigenvalue weighted by Crippen LogP contribution is 2.15. The Balaban J connectivity index is 2.34. The van der Waals surface area contributed by atoms with Crippen LogP contribution in [0.3, 0.4) is 0 Å². The number of piperidine rings is 1. The van der Waals surface area contributed by atoms with Crippen LogP contribution in [0.2, 0.25) is 0 Å². The second-order valence-corrected chi connectivity index (χ2v) is 5.16. The summed E-state index contributed by atoms with van der Waals surface area (Å²) in [6, 6.07) is -0.403. The fourth-order valence-corrected chi connectivity index (χ4v) is 2.36. The number of likely N-dealkylation sites (tertiary alicyclic amines) is 1. The van der Waals surface area contributed by atoms with Crippen LogP contribution in [-0.2, 0) is 14.3 Å². The maximum atomic E-state index is 12.2. The molecule has 5 nitrogen and oxygen atoms in total. The van der Waals surface area contributed by atoms with Crippen molar-refractivity contribution in [2.24, 2.45) is 5.73 Å². The number of amides is 1. The number of carbonyl (C=O) groups excluding carboxylic acids is 1. The topological polar surface area (TPSA) is 64.8 Å². The van der Waals surface area contributed by atoms with Gasteiger partial charge in [-0.3, -0.25) is 4.79 Å². The Hall–Kier alpha value is -0.650. The molecule has 0 saturated carbocycles. The van der Waals surface area contributed by atoms with Crippen molar-refractivity contribution in [3.63, 3.8) is 0 Å². The summed E-state index contributed by atoms with van der Waals surface area (Å²) in [5.41, 5.74) is 5.95. The molecule has 2 N–H and O–H groups in total. The summed E-state index contributed by atoms with van der Waals surface area (Å²) in [4.78, 5) is 14.1. The predicted octanol–water partition coefficient (Wildman–Crippen LogP) is 1.16. The molecule has 5 heteroatoms. The van der Waals surface area contributed by atoms with Gasteiger partial charge < -0.3 is 20.1 Å². The Labute approximate surface area is 116 Å². The van der Waals surface area contributed by atoms with E-state index in [-0.39, 0.29) is 12.0 Å². The summed E-state index contributed by atoms with van der Waals surface area (Å²) in [6.07, 6.45) is 4.76. The molecule has 1 fully saturated rings. The molecular weight excluding hydrogens is 244 g/mol. The third kappa shape index (κ3) is 5.89. The van der Waals surface area contributed by atoms with E-state index in [1.165, 1.54) is 0 Å². The maximum Gasteiger partial charge on any atom is 0.239 e. The molecule has 0 spiro atoms. The second kappa shape index (κ2) is 9.28. The first-order valence-electron chi connectivity index (χ1n) is 7.34. The van der Waals surface area contributed by atoms with E-state index in [0.29, 0.717) is 19.6 Å². The van der Waals surface area contributed by atoms with Gasteiger partial charge in [0.15, 0.2) is 0 Å². The first kappa shape index (κ1) is 16.4. The number of rotatable bonds is 8. The number of nitrogens with zero attached hydrogens (tertiary/aromatic N) is 1. The number of hydrogen-bond acceptors (Lipinski definition) is 4. The molecule has 1 saturated heterocycles. The van der Waals surface area contributed by atoms with Crippen molar-refractivity contribution in [2.75, 3.05) is 33.4 Å². The minimum atomic E-state index is -0.403. The van der Waals surface area contributed by atoms with Gasteiger partial charge in [-0.1, -0.05) is 6.92 Å². The van der Waals surface area contributed by atoms with Crippen LogP contribution in [0.15, 0.2) is 0 Å². The third-order valence-corrected chi connectivity index (χ3v) is 3.43. The first-order chi connectivity index (χ1) is 9.19. The molecule has 1 heterocycles. The summed E-state index contributed by atoms with van der Waals surface area (Å²) in [5, 5.41) is 0. The second-order valence-electron chi connectivity index (χ2n) is 5.16. The molecule has 0 bridgehead atoms. The minimum absolute atomic E-state index is 0.0564. The summed E-state index contributed by atoms with van der Waals surface area (Å²) in [7, 11) is 1.66. The lowest BCUT2D eigenvalue weighted by Gasteiger charge is -2.34. The van der Waals surface area contributed by atoms with Crippen molar-refractivity contribution in [3.8, 4) is 0 Å². The van der Waals surface area contributed by atoms with Crippen molar-refractivity contribution in [1.29, 1.82) is 0 Å². The normalized spacial score (nSPS) is 21.4. The van der Waals surface area contributed by atoms with Crippen molar-refractivity contribution >= 4 is 5.91 Å². The Kier molecular flexibility index (Phi) is 8.02. The van der Waals surface area contributed by atoms with Gasteiger partial charge in [0.2, 0.25) is 5.91 Å². The number of nitrogens with two attached hydrogens (primary N) is 1. The average Bonchev–Trinajstić information content (AvgIpc) is 2.44. The van der Waals surface area contributed by atoms with Gasteiger partial charge in [-0.05, 0) is 32.1 Å². The van der Waals surface area contributed by atoms with E-state index in [9.17, 15) is 4.79 Å². The zero-order chi connectivity index (χ0) is 14.1. The standard InChI is InChI=1S/C14H28N2O3/c1-3-9-19-12-6-4-8-16(11-12)14(17)13(15)7-5-10-18-2/h12-13H,3-11,15H2,1-2H3. The fraction of sp³-hybridized carbons (Fsp3) is 0.929. The highest BCUT2D eigenvalue weighted by atomic mass is 16.5. The van der Waals surface area contributed by atoms with Crippen molar-refractivity contribution in [3.05, 3.63) is 0 Å². The van der Waals surface area contributed by atoms with E-state index in [2.05, 4.69) is 6.92 Å². The van der Waals surface area contributed by atoms with Crippen LogP contribution in [0.4, 0.5) is 0 Å². The lowest BCUT2D eigenvalue weighted by Crippen LogP contribution is -2.49. The lowest BCUT2D eigenvalue weighted by molar-refractivity contribution is -0.137. The molecule has 0 aromatic rings. The highest BCUT2D eigenvalue weighted by Gasteiger charge is 2.27. The van der Waals surface area contributed by atoms with Gasteiger partial charge in [0, 0.05) is 33.4 Å². The average molecular weight is 272 g/mol. The van der Waals surface area contributed by atoms with Gasteiger partial charge >= 0.3 is 0 Å². The van der Waals surface area contributed by atoms with Crippen LogP contribution >= 0.6 is 0 Å². The van der Waals surface area contributed by atoms with Crippen molar-refractivity contribution in [2.45, 2.75) is 51.2 Å². The molecule has 0 aromatic carbocycles. The van der Waals surface area contributed by atoms with Gasteiger partial charge in [-0.2, -0.15) is 0 Å². The number of hydrogen-bond donors (Lipinski definition) is 1. The Morgan fingerprint density at radius 2 is 2.26 bits per heavy atom. The van der Waals surface area contributed by atoms with Crippen LogP contribution in [0, 0.1) is 0 Å². The quantitative estimate of drug-likeness (QED) is 0.673. The largest absolute Gasteiger partial charge is 0.385 e. The number of ether oxygens (including phenoxy) is 2. The third-order valence-electron chi connectivity index (χ3n) is 3.43. The van der Waals surface area contributed by atoms with Gasteiger partial charge in [0.05, 0.1) is 12.1 Å².